The highest BCUT2D eigenvalue weighted by Crippen LogP contribution is 2.21. The summed E-state index contributed by atoms with van der Waals surface area (Å²) in [6.45, 7) is 2.46. The number of amides is 2. The molecule has 4 nitrogen and oxygen atoms in total. The van der Waals surface area contributed by atoms with Gasteiger partial charge in [-0.05, 0) is 34.5 Å². The van der Waals surface area contributed by atoms with E-state index in [1.165, 1.54) is 30.1 Å². The summed E-state index contributed by atoms with van der Waals surface area (Å²) in [7, 11) is 1.51. The van der Waals surface area contributed by atoms with Gasteiger partial charge in [0.2, 0.25) is 5.91 Å². The van der Waals surface area contributed by atoms with E-state index >= 15 is 0 Å². The summed E-state index contributed by atoms with van der Waals surface area (Å²) in [6.07, 6.45) is 0.832. The minimum atomic E-state index is -0.505. The zero-order valence-electron chi connectivity index (χ0n) is 10.9. The Morgan fingerprint density at radius 3 is 2.74 bits per heavy atom. The topological polar surface area (TPSA) is 49.4 Å². The first-order chi connectivity index (χ1) is 8.97. The van der Waals surface area contributed by atoms with Crippen LogP contribution < -0.4 is 5.32 Å². The Hall–Kier alpha value is -1.43. The van der Waals surface area contributed by atoms with Crippen LogP contribution >= 0.6 is 15.9 Å². The van der Waals surface area contributed by atoms with Crippen LogP contribution in [0.4, 0.5) is 4.39 Å². The van der Waals surface area contributed by atoms with Crippen LogP contribution in [0.2, 0.25) is 0 Å². The third-order valence-electron chi connectivity index (χ3n) is 2.48. The molecule has 1 N–H and O–H groups in total. The third kappa shape index (κ3) is 4.31. The van der Waals surface area contributed by atoms with Crippen molar-refractivity contribution in [1.29, 1.82) is 0 Å². The molecule has 0 spiro atoms. The molecular weight excluding hydrogens is 315 g/mol. The molecule has 2 amide bonds. The molecule has 1 aromatic rings. The normalized spacial score (nSPS) is 10.1. The van der Waals surface area contributed by atoms with Gasteiger partial charge in [-0.15, -0.1) is 0 Å². The minimum Gasteiger partial charge on any atom is -0.355 e. The number of rotatable bonds is 5. The predicted molar refractivity (Wildman–Crippen MR) is 74.4 cm³/mol. The molecule has 6 heteroatoms. The van der Waals surface area contributed by atoms with Crippen molar-refractivity contribution < 1.29 is 14.0 Å². The van der Waals surface area contributed by atoms with Gasteiger partial charge >= 0.3 is 0 Å². The maximum Gasteiger partial charge on any atom is 0.255 e. The van der Waals surface area contributed by atoms with Gasteiger partial charge in [0.15, 0.2) is 0 Å². The van der Waals surface area contributed by atoms with E-state index in [-0.39, 0.29) is 22.5 Å². The SMILES string of the molecule is CCCNC(=O)CN(C)C(=O)c1cccc(F)c1Br. The number of carbonyl (C=O) groups excluding carboxylic acids is 2. The van der Waals surface area contributed by atoms with E-state index in [1.807, 2.05) is 6.92 Å². The van der Waals surface area contributed by atoms with Crippen molar-refractivity contribution in [3.05, 3.63) is 34.1 Å². The molecule has 0 aliphatic rings. The van der Waals surface area contributed by atoms with Crippen molar-refractivity contribution in [1.82, 2.24) is 10.2 Å². The summed E-state index contributed by atoms with van der Waals surface area (Å²) in [5.74, 6) is -1.14. The van der Waals surface area contributed by atoms with Gasteiger partial charge in [-0.2, -0.15) is 0 Å². The van der Waals surface area contributed by atoms with Crippen molar-refractivity contribution >= 4 is 27.7 Å². The molecule has 19 heavy (non-hydrogen) atoms. The molecule has 0 aliphatic heterocycles. The van der Waals surface area contributed by atoms with E-state index in [4.69, 9.17) is 0 Å². The second kappa shape index (κ2) is 7.23. The van der Waals surface area contributed by atoms with E-state index in [0.29, 0.717) is 6.54 Å². The lowest BCUT2D eigenvalue weighted by Gasteiger charge is -2.17. The summed E-state index contributed by atoms with van der Waals surface area (Å²) >= 11 is 3.03. The predicted octanol–water partition coefficient (Wildman–Crippen LogP) is 2.19. The molecular formula is C13H16BrFN2O2. The molecule has 0 saturated heterocycles. The molecule has 1 rings (SSSR count). The van der Waals surface area contributed by atoms with Gasteiger partial charge in [-0.3, -0.25) is 9.59 Å². The first-order valence-electron chi connectivity index (χ1n) is 5.93. The van der Waals surface area contributed by atoms with Gasteiger partial charge in [0.05, 0.1) is 16.6 Å². The number of carbonyl (C=O) groups is 2. The molecule has 0 aliphatic carbocycles. The van der Waals surface area contributed by atoms with Crippen molar-refractivity contribution in [2.24, 2.45) is 0 Å². The van der Waals surface area contributed by atoms with Crippen molar-refractivity contribution in [2.45, 2.75) is 13.3 Å². The van der Waals surface area contributed by atoms with Gasteiger partial charge < -0.3 is 10.2 Å². The molecule has 0 bridgehead atoms. The van der Waals surface area contributed by atoms with E-state index in [0.717, 1.165) is 6.42 Å². The van der Waals surface area contributed by atoms with Crippen LogP contribution in [0.15, 0.2) is 22.7 Å². The van der Waals surface area contributed by atoms with E-state index in [9.17, 15) is 14.0 Å². The first kappa shape index (κ1) is 15.6. The number of likely N-dealkylation sites (N-methyl/N-ethyl adjacent to an activating group) is 1. The number of hydrogen-bond donors (Lipinski definition) is 1. The number of nitrogens with one attached hydrogen (secondary N) is 1. The molecule has 104 valence electrons. The summed E-state index contributed by atoms with van der Waals surface area (Å²) in [6, 6.07) is 4.23. The van der Waals surface area contributed by atoms with Crippen LogP contribution in [0.25, 0.3) is 0 Å². The molecule has 0 saturated carbocycles. The van der Waals surface area contributed by atoms with E-state index < -0.39 is 11.7 Å². The quantitative estimate of drug-likeness (QED) is 0.899. The van der Waals surface area contributed by atoms with Crippen LogP contribution in [-0.4, -0.2) is 36.9 Å². The lowest BCUT2D eigenvalue weighted by Crippen LogP contribution is -2.38. The average molecular weight is 331 g/mol. The third-order valence-corrected chi connectivity index (χ3v) is 3.29. The molecule has 0 aromatic heterocycles. The maximum absolute atomic E-state index is 13.3. The largest absolute Gasteiger partial charge is 0.355 e. The fourth-order valence-electron chi connectivity index (χ4n) is 1.48. The molecule has 0 unspecified atom stereocenters. The second-order valence-electron chi connectivity index (χ2n) is 4.11. The van der Waals surface area contributed by atoms with Gasteiger partial charge in [0.1, 0.15) is 5.82 Å². The Bertz CT molecular complexity index is 480. The highest BCUT2D eigenvalue weighted by molar-refractivity contribution is 9.10. The molecule has 1 aromatic carbocycles. The van der Waals surface area contributed by atoms with E-state index in [2.05, 4.69) is 21.2 Å². The fraction of sp³-hybridized carbons (Fsp3) is 0.385. The van der Waals surface area contributed by atoms with Crippen LogP contribution in [0, 0.1) is 5.82 Å². The van der Waals surface area contributed by atoms with Gasteiger partial charge in [0, 0.05) is 13.6 Å². The summed E-state index contributed by atoms with van der Waals surface area (Å²) in [5.41, 5.74) is 0.200. The van der Waals surface area contributed by atoms with Gasteiger partial charge in [-0.25, -0.2) is 4.39 Å². The Balaban J connectivity index is 2.72. The van der Waals surface area contributed by atoms with Crippen molar-refractivity contribution in [2.75, 3.05) is 20.1 Å². The molecule has 0 radical (unpaired) electrons. The van der Waals surface area contributed by atoms with E-state index in [1.54, 1.807) is 0 Å². The first-order valence-corrected chi connectivity index (χ1v) is 6.72. The highest BCUT2D eigenvalue weighted by Gasteiger charge is 2.18. The zero-order chi connectivity index (χ0) is 14.4. The number of hydrogen-bond acceptors (Lipinski definition) is 2. The van der Waals surface area contributed by atoms with Crippen LogP contribution in [0.1, 0.15) is 23.7 Å². The number of halogens is 2. The second-order valence-corrected chi connectivity index (χ2v) is 4.91. The number of benzene rings is 1. The van der Waals surface area contributed by atoms with Crippen molar-refractivity contribution in [3.63, 3.8) is 0 Å². The molecule has 0 fully saturated rings. The Kier molecular flexibility index (Phi) is 5.95. The lowest BCUT2D eigenvalue weighted by molar-refractivity contribution is -0.121. The van der Waals surface area contributed by atoms with Gasteiger partial charge in [0.25, 0.3) is 5.91 Å². The average Bonchev–Trinajstić information content (AvgIpc) is 2.38. The van der Waals surface area contributed by atoms with Crippen LogP contribution in [0.5, 0.6) is 0 Å². The maximum atomic E-state index is 13.3. The Labute approximate surface area is 120 Å². The summed E-state index contributed by atoms with van der Waals surface area (Å²) in [5, 5.41) is 2.68. The molecule has 0 heterocycles. The standard InChI is InChI=1S/C13H16BrFN2O2/c1-3-7-16-11(18)8-17(2)13(19)9-5-4-6-10(15)12(9)14/h4-6H,3,7-8H2,1-2H3,(H,16,18). The zero-order valence-corrected chi connectivity index (χ0v) is 12.5. The number of nitrogens with zero attached hydrogens (tertiary/aromatic N) is 1. The molecule has 0 atom stereocenters. The summed E-state index contributed by atoms with van der Waals surface area (Å²) < 4.78 is 13.4. The highest BCUT2D eigenvalue weighted by atomic mass is 79.9. The Morgan fingerprint density at radius 2 is 2.11 bits per heavy atom. The summed E-state index contributed by atoms with van der Waals surface area (Å²) in [4.78, 5) is 24.8. The fourth-order valence-corrected chi connectivity index (χ4v) is 1.92. The smallest absolute Gasteiger partial charge is 0.255 e. The Morgan fingerprint density at radius 1 is 1.42 bits per heavy atom. The van der Waals surface area contributed by atoms with Crippen LogP contribution in [-0.2, 0) is 4.79 Å². The van der Waals surface area contributed by atoms with Crippen LogP contribution in [0.3, 0.4) is 0 Å². The van der Waals surface area contributed by atoms with Crippen molar-refractivity contribution in [3.8, 4) is 0 Å². The lowest BCUT2D eigenvalue weighted by atomic mass is 10.2. The monoisotopic (exact) mass is 330 g/mol. The minimum absolute atomic E-state index is 0.0538. The van der Waals surface area contributed by atoms with Gasteiger partial charge in [-0.1, -0.05) is 13.0 Å².